The second kappa shape index (κ2) is 7.55. The molecule has 2 rings (SSSR count). The van der Waals surface area contributed by atoms with Gasteiger partial charge >= 0.3 is 0 Å². The summed E-state index contributed by atoms with van der Waals surface area (Å²) in [5.74, 6) is 0. The van der Waals surface area contributed by atoms with Gasteiger partial charge in [-0.2, -0.15) is 0 Å². The van der Waals surface area contributed by atoms with Crippen LogP contribution in [0.5, 0.6) is 0 Å². The summed E-state index contributed by atoms with van der Waals surface area (Å²) in [6, 6.07) is 7.20. The molecule has 112 valence electrons. The summed E-state index contributed by atoms with van der Waals surface area (Å²) < 4.78 is 1.19. The predicted molar refractivity (Wildman–Crippen MR) is 88.6 cm³/mol. The third kappa shape index (κ3) is 4.04. The van der Waals surface area contributed by atoms with E-state index in [-0.39, 0.29) is 0 Å². The SMILES string of the molecule is CCC(C)N1CCN(Cc2ccc(CN)cc2Br)CC1. The zero-order chi connectivity index (χ0) is 14.5. The fourth-order valence-corrected chi connectivity index (χ4v) is 3.26. The lowest BCUT2D eigenvalue weighted by Gasteiger charge is -2.38. The number of benzene rings is 1. The first-order valence-electron chi connectivity index (χ1n) is 7.57. The van der Waals surface area contributed by atoms with Gasteiger partial charge < -0.3 is 5.73 Å². The fraction of sp³-hybridized carbons (Fsp3) is 0.625. The lowest BCUT2D eigenvalue weighted by molar-refractivity contribution is 0.0962. The van der Waals surface area contributed by atoms with Crippen LogP contribution in [-0.2, 0) is 13.1 Å². The van der Waals surface area contributed by atoms with Crippen molar-refractivity contribution in [1.29, 1.82) is 0 Å². The van der Waals surface area contributed by atoms with Crippen LogP contribution in [0.4, 0.5) is 0 Å². The monoisotopic (exact) mass is 339 g/mol. The molecule has 1 saturated heterocycles. The van der Waals surface area contributed by atoms with E-state index < -0.39 is 0 Å². The molecule has 1 aliphatic rings. The Labute approximate surface area is 131 Å². The predicted octanol–water partition coefficient (Wildman–Crippen LogP) is 2.82. The number of rotatable bonds is 5. The average molecular weight is 340 g/mol. The highest BCUT2D eigenvalue weighted by Gasteiger charge is 2.20. The van der Waals surface area contributed by atoms with E-state index in [1.165, 1.54) is 35.1 Å². The molecule has 3 nitrogen and oxygen atoms in total. The minimum absolute atomic E-state index is 0.604. The third-order valence-corrected chi connectivity index (χ3v) is 5.11. The molecule has 1 fully saturated rings. The molecule has 0 spiro atoms. The Bertz CT molecular complexity index is 428. The van der Waals surface area contributed by atoms with Gasteiger partial charge in [0.05, 0.1) is 0 Å². The minimum atomic E-state index is 0.604. The quantitative estimate of drug-likeness (QED) is 0.895. The second-order valence-electron chi connectivity index (χ2n) is 5.70. The molecule has 0 aromatic heterocycles. The summed E-state index contributed by atoms with van der Waals surface area (Å²) in [6.45, 7) is 10.9. The lowest BCUT2D eigenvalue weighted by Crippen LogP contribution is -2.49. The Morgan fingerprint density at radius 2 is 1.95 bits per heavy atom. The lowest BCUT2D eigenvalue weighted by atomic mass is 10.1. The molecule has 1 aromatic rings. The van der Waals surface area contributed by atoms with Crippen molar-refractivity contribution in [3.05, 3.63) is 33.8 Å². The first kappa shape index (κ1) is 16.0. The van der Waals surface area contributed by atoms with Gasteiger partial charge in [0, 0.05) is 49.8 Å². The van der Waals surface area contributed by atoms with Gasteiger partial charge in [-0.25, -0.2) is 0 Å². The van der Waals surface area contributed by atoms with Gasteiger partial charge in [-0.05, 0) is 30.5 Å². The van der Waals surface area contributed by atoms with Gasteiger partial charge in [-0.3, -0.25) is 9.80 Å². The summed E-state index contributed by atoms with van der Waals surface area (Å²) in [5.41, 5.74) is 8.22. The first-order chi connectivity index (χ1) is 9.63. The van der Waals surface area contributed by atoms with Crippen molar-refractivity contribution in [2.45, 2.75) is 39.4 Å². The van der Waals surface area contributed by atoms with Crippen molar-refractivity contribution in [3.8, 4) is 0 Å². The van der Waals surface area contributed by atoms with Gasteiger partial charge in [0.2, 0.25) is 0 Å². The van der Waals surface area contributed by atoms with Crippen LogP contribution in [0.25, 0.3) is 0 Å². The molecule has 4 heteroatoms. The highest BCUT2D eigenvalue weighted by molar-refractivity contribution is 9.10. The molecule has 0 aliphatic carbocycles. The Balaban J connectivity index is 1.89. The fourth-order valence-electron chi connectivity index (χ4n) is 2.71. The van der Waals surface area contributed by atoms with Crippen molar-refractivity contribution in [2.75, 3.05) is 26.2 Å². The highest BCUT2D eigenvalue weighted by Crippen LogP contribution is 2.21. The van der Waals surface area contributed by atoms with Crippen molar-refractivity contribution >= 4 is 15.9 Å². The molecular weight excluding hydrogens is 314 g/mol. The number of piperazine rings is 1. The topological polar surface area (TPSA) is 32.5 Å². The summed E-state index contributed by atoms with van der Waals surface area (Å²) in [7, 11) is 0. The Kier molecular flexibility index (Phi) is 6.02. The second-order valence-corrected chi connectivity index (χ2v) is 6.55. The van der Waals surface area contributed by atoms with Gasteiger partial charge in [-0.15, -0.1) is 0 Å². The van der Waals surface area contributed by atoms with Crippen LogP contribution in [0.2, 0.25) is 0 Å². The molecule has 0 saturated carbocycles. The van der Waals surface area contributed by atoms with Crippen molar-refractivity contribution in [3.63, 3.8) is 0 Å². The first-order valence-corrected chi connectivity index (χ1v) is 8.37. The van der Waals surface area contributed by atoms with Crippen LogP contribution in [-0.4, -0.2) is 42.0 Å². The maximum absolute atomic E-state index is 5.67. The zero-order valence-electron chi connectivity index (χ0n) is 12.6. The molecule has 0 amide bonds. The largest absolute Gasteiger partial charge is 0.326 e. The van der Waals surface area contributed by atoms with E-state index in [1.54, 1.807) is 0 Å². The van der Waals surface area contributed by atoms with E-state index in [9.17, 15) is 0 Å². The average Bonchev–Trinajstić information content (AvgIpc) is 2.49. The third-order valence-electron chi connectivity index (χ3n) is 4.37. The van der Waals surface area contributed by atoms with Crippen molar-refractivity contribution in [1.82, 2.24) is 9.80 Å². The number of nitrogens with zero attached hydrogens (tertiary/aromatic N) is 2. The molecule has 20 heavy (non-hydrogen) atoms. The minimum Gasteiger partial charge on any atom is -0.326 e. The van der Waals surface area contributed by atoms with E-state index in [1.807, 2.05) is 0 Å². The van der Waals surface area contributed by atoms with Crippen LogP contribution in [0.3, 0.4) is 0 Å². The van der Waals surface area contributed by atoms with Crippen LogP contribution in [0, 0.1) is 0 Å². The summed E-state index contributed by atoms with van der Waals surface area (Å²) >= 11 is 3.67. The molecule has 1 atom stereocenters. The maximum atomic E-state index is 5.67. The number of hydrogen-bond donors (Lipinski definition) is 1. The molecule has 0 bridgehead atoms. The molecular formula is C16H26BrN3. The molecule has 1 aliphatic heterocycles. The highest BCUT2D eigenvalue weighted by atomic mass is 79.9. The van der Waals surface area contributed by atoms with Crippen molar-refractivity contribution in [2.24, 2.45) is 5.73 Å². The van der Waals surface area contributed by atoms with Crippen LogP contribution >= 0.6 is 15.9 Å². The van der Waals surface area contributed by atoms with Crippen molar-refractivity contribution < 1.29 is 0 Å². The maximum Gasteiger partial charge on any atom is 0.0246 e. The van der Waals surface area contributed by atoms with Gasteiger partial charge in [0.15, 0.2) is 0 Å². The molecule has 0 radical (unpaired) electrons. The number of halogens is 1. The van der Waals surface area contributed by atoms with Gasteiger partial charge in [0.25, 0.3) is 0 Å². The van der Waals surface area contributed by atoms with Crippen LogP contribution < -0.4 is 5.73 Å². The van der Waals surface area contributed by atoms with E-state index >= 15 is 0 Å². The summed E-state index contributed by atoms with van der Waals surface area (Å²) in [6.07, 6.45) is 1.24. The normalized spacial score (nSPS) is 19.2. The summed E-state index contributed by atoms with van der Waals surface area (Å²) in [5, 5.41) is 0. The molecule has 1 unspecified atom stereocenters. The zero-order valence-corrected chi connectivity index (χ0v) is 14.2. The van der Waals surface area contributed by atoms with E-state index in [4.69, 9.17) is 5.73 Å². The van der Waals surface area contributed by atoms with Crippen LogP contribution in [0.1, 0.15) is 31.4 Å². The molecule has 1 heterocycles. The Morgan fingerprint density at radius 3 is 2.50 bits per heavy atom. The van der Waals surface area contributed by atoms with E-state index in [0.717, 1.165) is 19.6 Å². The summed E-state index contributed by atoms with van der Waals surface area (Å²) in [4.78, 5) is 5.14. The van der Waals surface area contributed by atoms with E-state index in [0.29, 0.717) is 12.6 Å². The standard InChI is InChI=1S/C16H26BrN3/c1-3-13(2)20-8-6-19(7-9-20)12-15-5-4-14(11-18)10-16(15)17/h4-5,10,13H,3,6-9,11-12,18H2,1-2H3. The Morgan fingerprint density at radius 1 is 1.25 bits per heavy atom. The van der Waals surface area contributed by atoms with Gasteiger partial charge in [0.1, 0.15) is 0 Å². The smallest absolute Gasteiger partial charge is 0.0246 e. The van der Waals surface area contributed by atoms with Gasteiger partial charge in [-0.1, -0.05) is 35.0 Å². The van der Waals surface area contributed by atoms with Crippen LogP contribution in [0.15, 0.2) is 22.7 Å². The van der Waals surface area contributed by atoms with E-state index in [2.05, 4.69) is 57.8 Å². The Hall–Kier alpha value is -0.420. The molecule has 1 aromatic carbocycles. The number of nitrogens with two attached hydrogens (primary N) is 1. The number of hydrogen-bond acceptors (Lipinski definition) is 3. The molecule has 2 N–H and O–H groups in total.